The highest BCUT2D eigenvalue weighted by Crippen LogP contribution is 2.38. The number of carbonyl (C=O) groups is 1. The van der Waals surface area contributed by atoms with E-state index in [1.807, 2.05) is 28.1 Å². The van der Waals surface area contributed by atoms with Crippen LogP contribution in [0.4, 0.5) is 0 Å². The fraction of sp³-hybridized carbons (Fsp3) is 0.923. The molecule has 0 aliphatic carbocycles. The Balaban J connectivity index is 3.76. The summed E-state index contributed by atoms with van der Waals surface area (Å²) in [7, 11) is 1.36. The molecule has 0 aliphatic heterocycles. The lowest BCUT2D eigenvalue weighted by molar-refractivity contribution is -0.870. The summed E-state index contributed by atoms with van der Waals surface area (Å²) in [5.41, 5.74) is 0. The Bertz CT molecular complexity index is 787. The number of rotatable bonds is 37. The second-order valence-electron chi connectivity index (χ2n) is 14.6. The monoisotopic (exact) mass is 704 g/mol. The van der Waals surface area contributed by atoms with Gasteiger partial charge in [-0.15, -0.1) is 0 Å². The molecule has 0 heterocycles. The van der Waals surface area contributed by atoms with Crippen molar-refractivity contribution in [2.75, 3.05) is 54.1 Å². The Morgan fingerprint density at radius 3 is 1.56 bits per heavy atom. The second kappa shape index (κ2) is 33.4. The Kier molecular flexibility index (Phi) is 32.9. The van der Waals surface area contributed by atoms with Crippen molar-refractivity contribution < 1.29 is 37.3 Å². The number of carbonyl (C=O) groups excluding carboxylic acids is 1. The number of quaternary nitrogens is 1. The number of phosphoric acid groups is 1. The summed E-state index contributed by atoms with van der Waals surface area (Å²) in [6, 6.07) is 0. The van der Waals surface area contributed by atoms with Gasteiger partial charge in [-0.3, -0.25) is 9.36 Å². The third-order valence-electron chi connectivity index (χ3n) is 8.57. The summed E-state index contributed by atoms with van der Waals surface area (Å²) in [6.45, 7) is 5.17. The zero-order chi connectivity index (χ0) is 35.6. The smallest absolute Gasteiger partial charge is 0.306 e. The third kappa shape index (κ3) is 36.5. The van der Waals surface area contributed by atoms with E-state index in [1.165, 1.54) is 128 Å². The molecule has 0 spiro atoms. The Morgan fingerprint density at radius 2 is 1.08 bits per heavy atom. The molecule has 286 valence electrons. The van der Waals surface area contributed by atoms with Gasteiger partial charge >= 0.3 is 5.97 Å². The van der Waals surface area contributed by atoms with Gasteiger partial charge in [0.2, 0.25) is 0 Å². The van der Waals surface area contributed by atoms with Crippen LogP contribution in [0, 0.1) is 0 Å². The molecule has 0 saturated carbocycles. The van der Waals surface area contributed by atoms with Crippen molar-refractivity contribution in [1.29, 1.82) is 0 Å². The fourth-order valence-corrected chi connectivity index (χ4v) is 6.13. The number of likely N-dealkylation sites (N-methyl/N-ethyl adjacent to an activating group) is 1. The number of hydrogen-bond acceptors (Lipinski definition) is 7. The molecule has 0 rings (SSSR count). The van der Waals surface area contributed by atoms with Gasteiger partial charge in [-0.25, -0.2) is 0 Å². The zero-order valence-corrected chi connectivity index (χ0v) is 33.1. The standard InChI is InChI=1S/C39H78NO7P/c1-6-8-10-11-12-13-14-15-16-17-18-19-20-21-22-23-24-25-26-27-28-29-30-31-34-44-36-38(47-39(41)32-9-7-2)37-46-48(42,43)45-35-33-40(3,4)5/h17-18,38H,6-16,19-37H2,1-5H3/b18-17-. The van der Waals surface area contributed by atoms with Crippen LogP contribution in [0.25, 0.3) is 0 Å². The van der Waals surface area contributed by atoms with Crippen molar-refractivity contribution in [1.82, 2.24) is 0 Å². The lowest BCUT2D eigenvalue weighted by Crippen LogP contribution is -2.37. The van der Waals surface area contributed by atoms with E-state index in [0.717, 1.165) is 25.7 Å². The minimum atomic E-state index is -4.49. The third-order valence-corrected chi connectivity index (χ3v) is 9.53. The minimum Gasteiger partial charge on any atom is -0.756 e. The van der Waals surface area contributed by atoms with Crippen LogP contribution in [-0.4, -0.2) is 70.7 Å². The van der Waals surface area contributed by atoms with E-state index in [9.17, 15) is 14.3 Å². The lowest BCUT2D eigenvalue weighted by atomic mass is 10.0. The van der Waals surface area contributed by atoms with Crippen LogP contribution >= 0.6 is 7.82 Å². The molecule has 9 heteroatoms. The molecule has 0 aromatic carbocycles. The largest absolute Gasteiger partial charge is 0.756 e. The van der Waals surface area contributed by atoms with Crippen molar-refractivity contribution in [3.8, 4) is 0 Å². The van der Waals surface area contributed by atoms with Gasteiger partial charge < -0.3 is 27.9 Å². The molecule has 0 aromatic rings. The van der Waals surface area contributed by atoms with Gasteiger partial charge in [-0.05, 0) is 38.5 Å². The minimum absolute atomic E-state index is 0.0273. The van der Waals surface area contributed by atoms with E-state index >= 15 is 0 Å². The highest BCUT2D eigenvalue weighted by molar-refractivity contribution is 7.45. The summed E-state index contributed by atoms with van der Waals surface area (Å²) in [5.74, 6) is -0.368. The topological polar surface area (TPSA) is 94.1 Å². The molecule has 0 bridgehead atoms. The molecule has 0 amide bonds. The molecule has 2 atom stereocenters. The number of unbranched alkanes of at least 4 members (excludes halogenated alkanes) is 21. The fourth-order valence-electron chi connectivity index (χ4n) is 5.40. The van der Waals surface area contributed by atoms with Crippen molar-refractivity contribution in [2.45, 2.75) is 180 Å². The van der Waals surface area contributed by atoms with E-state index in [-0.39, 0.29) is 25.8 Å². The SMILES string of the molecule is CCCCCCCCCC/C=C\CCCCCCCCCCCCCCOCC(COP(=O)([O-])OCC[N+](C)(C)C)OC(=O)CCCC. The van der Waals surface area contributed by atoms with Crippen LogP contribution in [0.15, 0.2) is 12.2 Å². The Morgan fingerprint density at radius 1 is 0.625 bits per heavy atom. The molecule has 0 aliphatic rings. The number of phosphoric ester groups is 1. The van der Waals surface area contributed by atoms with Crippen LogP contribution < -0.4 is 4.89 Å². The highest BCUT2D eigenvalue weighted by atomic mass is 31.2. The van der Waals surface area contributed by atoms with Gasteiger partial charge in [-0.1, -0.05) is 142 Å². The van der Waals surface area contributed by atoms with Crippen LogP contribution in [0.1, 0.15) is 174 Å². The maximum absolute atomic E-state index is 12.2. The van der Waals surface area contributed by atoms with E-state index in [4.69, 9.17) is 18.5 Å². The molecule has 2 unspecified atom stereocenters. The van der Waals surface area contributed by atoms with Crippen LogP contribution in [-0.2, 0) is 27.9 Å². The van der Waals surface area contributed by atoms with Crippen molar-refractivity contribution in [2.24, 2.45) is 0 Å². The molecule has 0 saturated heterocycles. The molecule has 0 N–H and O–H groups in total. The van der Waals surface area contributed by atoms with E-state index in [2.05, 4.69) is 19.1 Å². The zero-order valence-electron chi connectivity index (χ0n) is 32.2. The van der Waals surface area contributed by atoms with Crippen LogP contribution in [0.2, 0.25) is 0 Å². The average molecular weight is 704 g/mol. The van der Waals surface area contributed by atoms with E-state index in [1.54, 1.807) is 0 Å². The van der Waals surface area contributed by atoms with Crippen molar-refractivity contribution in [3.63, 3.8) is 0 Å². The number of nitrogens with zero attached hydrogens (tertiary/aromatic N) is 1. The van der Waals surface area contributed by atoms with Gasteiger partial charge in [0.05, 0.1) is 34.4 Å². The molecular weight excluding hydrogens is 625 g/mol. The summed E-state index contributed by atoms with van der Waals surface area (Å²) >= 11 is 0. The Hall–Kier alpha value is -0.760. The predicted octanol–water partition coefficient (Wildman–Crippen LogP) is 10.5. The van der Waals surface area contributed by atoms with Gasteiger partial charge in [0, 0.05) is 13.0 Å². The molecule has 0 fully saturated rings. The molecule has 8 nitrogen and oxygen atoms in total. The van der Waals surface area contributed by atoms with E-state index < -0.39 is 13.9 Å². The van der Waals surface area contributed by atoms with Gasteiger partial charge in [-0.2, -0.15) is 0 Å². The van der Waals surface area contributed by atoms with Crippen LogP contribution in [0.3, 0.4) is 0 Å². The number of esters is 1. The number of hydrogen-bond donors (Lipinski definition) is 0. The van der Waals surface area contributed by atoms with E-state index in [0.29, 0.717) is 24.1 Å². The lowest BCUT2D eigenvalue weighted by Gasteiger charge is -2.28. The van der Waals surface area contributed by atoms with Gasteiger partial charge in [0.25, 0.3) is 7.82 Å². The quantitative estimate of drug-likeness (QED) is 0.0209. The van der Waals surface area contributed by atoms with Gasteiger partial charge in [0.1, 0.15) is 19.3 Å². The van der Waals surface area contributed by atoms with Crippen molar-refractivity contribution in [3.05, 3.63) is 12.2 Å². The first kappa shape index (κ1) is 47.2. The average Bonchev–Trinajstić information content (AvgIpc) is 3.03. The Labute approximate surface area is 297 Å². The summed E-state index contributed by atoms with van der Waals surface area (Å²) in [5, 5.41) is 0. The number of allylic oxidation sites excluding steroid dienone is 2. The van der Waals surface area contributed by atoms with Crippen molar-refractivity contribution >= 4 is 13.8 Å². The van der Waals surface area contributed by atoms with Gasteiger partial charge in [0.15, 0.2) is 0 Å². The second-order valence-corrected chi connectivity index (χ2v) is 16.1. The molecular formula is C39H78NO7P. The summed E-state index contributed by atoms with van der Waals surface area (Å²) < 4.78 is 33.9. The summed E-state index contributed by atoms with van der Waals surface area (Å²) in [4.78, 5) is 24.3. The molecule has 0 radical (unpaired) electrons. The highest BCUT2D eigenvalue weighted by Gasteiger charge is 2.20. The van der Waals surface area contributed by atoms with Crippen LogP contribution in [0.5, 0.6) is 0 Å². The molecule has 0 aromatic heterocycles. The molecule has 48 heavy (non-hydrogen) atoms. The first-order valence-corrected chi connectivity index (χ1v) is 21.4. The first-order valence-electron chi connectivity index (χ1n) is 19.9. The predicted molar refractivity (Wildman–Crippen MR) is 199 cm³/mol. The summed E-state index contributed by atoms with van der Waals surface area (Å²) in [6.07, 6.45) is 34.9. The maximum Gasteiger partial charge on any atom is 0.306 e. The number of ether oxygens (including phenoxy) is 2. The first-order chi connectivity index (χ1) is 23.1. The normalized spacial score (nSPS) is 14.0. The maximum atomic E-state index is 12.2.